The van der Waals surface area contributed by atoms with Crippen LogP contribution < -0.4 is 11.1 Å². The molecule has 0 aromatic heterocycles. The SMILES string of the molecule is Cc1ccc(C(N)C(=O)Nc2ccc(Br)cc2C)cc1. The molecule has 3 N–H and O–H groups in total. The van der Waals surface area contributed by atoms with Gasteiger partial charge in [-0.15, -0.1) is 0 Å². The molecule has 0 aliphatic carbocycles. The Hall–Kier alpha value is -1.65. The van der Waals surface area contributed by atoms with Gasteiger partial charge >= 0.3 is 0 Å². The van der Waals surface area contributed by atoms with Crippen molar-refractivity contribution in [1.29, 1.82) is 0 Å². The van der Waals surface area contributed by atoms with Gasteiger partial charge in [-0.1, -0.05) is 45.8 Å². The molecule has 3 nitrogen and oxygen atoms in total. The Morgan fingerprint density at radius 1 is 1.15 bits per heavy atom. The topological polar surface area (TPSA) is 55.1 Å². The van der Waals surface area contributed by atoms with Gasteiger partial charge in [-0.3, -0.25) is 4.79 Å². The van der Waals surface area contributed by atoms with Crippen molar-refractivity contribution < 1.29 is 4.79 Å². The monoisotopic (exact) mass is 332 g/mol. The zero-order valence-electron chi connectivity index (χ0n) is 11.5. The summed E-state index contributed by atoms with van der Waals surface area (Å²) in [7, 11) is 0. The van der Waals surface area contributed by atoms with E-state index in [9.17, 15) is 4.79 Å². The molecule has 0 spiro atoms. The summed E-state index contributed by atoms with van der Waals surface area (Å²) in [6.07, 6.45) is 0. The number of amides is 1. The molecule has 2 aromatic rings. The molecule has 4 heteroatoms. The third-order valence-electron chi connectivity index (χ3n) is 3.17. The number of aryl methyl sites for hydroxylation is 2. The lowest BCUT2D eigenvalue weighted by Gasteiger charge is -2.14. The highest BCUT2D eigenvalue weighted by Crippen LogP contribution is 2.21. The van der Waals surface area contributed by atoms with Gasteiger partial charge in [0.25, 0.3) is 0 Å². The molecule has 1 unspecified atom stereocenters. The minimum Gasteiger partial charge on any atom is -0.324 e. The number of carbonyl (C=O) groups excluding carboxylic acids is 1. The highest BCUT2D eigenvalue weighted by molar-refractivity contribution is 9.10. The van der Waals surface area contributed by atoms with Crippen LogP contribution in [0.15, 0.2) is 46.9 Å². The molecule has 0 radical (unpaired) electrons. The predicted octanol–water partition coefficient (Wildman–Crippen LogP) is 3.70. The molecule has 0 heterocycles. The van der Waals surface area contributed by atoms with Crippen molar-refractivity contribution in [2.45, 2.75) is 19.9 Å². The molecule has 104 valence electrons. The molecule has 0 aliphatic rings. The van der Waals surface area contributed by atoms with Gasteiger partial charge in [-0.2, -0.15) is 0 Å². The van der Waals surface area contributed by atoms with Crippen LogP contribution in [0.2, 0.25) is 0 Å². The molecule has 2 rings (SSSR count). The van der Waals surface area contributed by atoms with Crippen LogP contribution in [0.25, 0.3) is 0 Å². The maximum Gasteiger partial charge on any atom is 0.245 e. The van der Waals surface area contributed by atoms with Crippen molar-refractivity contribution in [2.24, 2.45) is 5.73 Å². The van der Waals surface area contributed by atoms with E-state index in [0.29, 0.717) is 0 Å². The lowest BCUT2D eigenvalue weighted by Crippen LogP contribution is -2.28. The highest BCUT2D eigenvalue weighted by Gasteiger charge is 2.16. The summed E-state index contributed by atoms with van der Waals surface area (Å²) in [5, 5.41) is 2.87. The van der Waals surface area contributed by atoms with Crippen molar-refractivity contribution in [3.8, 4) is 0 Å². The molecule has 1 amide bonds. The molecular formula is C16H17BrN2O. The number of rotatable bonds is 3. The lowest BCUT2D eigenvalue weighted by atomic mass is 10.0. The van der Waals surface area contributed by atoms with Gasteiger partial charge in [0.15, 0.2) is 0 Å². The number of nitrogens with one attached hydrogen (secondary N) is 1. The van der Waals surface area contributed by atoms with Gasteiger partial charge in [-0.25, -0.2) is 0 Å². The van der Waals surface area contributed by atoms with E-state index in [-0.39, 0.29) is 5.91 Å². The molecule has 0 bridgehead atoms. The van der Waals surface area contributed by atoms with Crippen molar-refractivity contribution in [2.75, 3.05) is 5.32 Å². The highest BCUT2D eigenvalue weighted by atomic mass is 79.9. The Morgan fingerprint density at radius 3 is 2.40 bits per heavy atom. The van der Waals surface area contributed by atoms with Crippen LogP contribution in [0, 0.1) is 13.8 Å². The lowest BCUT2D eigenvalue weighted by molar-refractivity contribution is -0.117. The average molecular weight is 333 g/mol. The molecule has 0 fully saturated rings. The van der Waals surface area contributed by atoms with E-state index in [0.717, 1.165) is 26.9 Å². The Morgan fingerprint density at radius 2 is 1.80 bits per heavy atom. The van der Waals surface area contributed by atoms with Crippen molar-refractivity contribution in [1.82, 2.24) is 0 Å². The number of hydrogen-bond acceptors (Lipinski definition) is 2. The first-order chi connectivity index (χ1) is 9.47. The maximum absolute atomic E-state index is 12.2. The van der Waals surface area contributed by atoms with Crippen LogP contribution in [-0.2, 0) is 4.79 Å². The van der Waals surface area contributed by atoms with Gasteiger partial charge in [0.1, 0.15) is 6.04 Å². The summed E-state index contributed by atoms with van der Waals surface area (Å²) < 4.78 is 0.982. The summed E-state index contributed by atoms with van der Waals surface area (Å²) >= 11 is 3.40. The van der Waals surface area contributed by atoms with Crippen molar-refractivity contribution >= 4 is 27.5 Å². The van der Waals surface area contributed by atoms with Crippen LogP contribution in [0.5, 0.6) is 0 Å². The second-order valence-electron chi connectivity index (χ2n) is 4.84. The molecule has 0 aliphatic heterocycles. The van der Waals surface area contributed by atoms with Crippen LogP contribution in [0.1, 0.15) is 22.7 Å². The summed E-state index contributed by atoms with van der Waals surface area (Å²) in [6, 6.07) is 12.7. The Bertz CT molecular complexity index is 623. The first kappa shape index (κ1) is 14.8. The molecule has 1 atom stereocenters. The fourth-order valence-corrected chi connectivity index (χ4v) is 2.38. The van der Waals surface area contributed by atoms with E-state index in [1.54, 1.807) is 0 Å². The van der Waals surface area contributed by atoms with Gasteiger partial charge in [0.2, 0.25) is 5.91 Å². The summed E-state index contributed by atoms with van der Waals surface area (Å²) in [6.45, 7) is 3.94. The number of anilines is 1. The van der Waals surface area contributed by atoms with E-state index in [1.807, 2.05) is 56.3 Å². The second kappa shape index (κ2) is 6.20. The Balaban J connectivity index is 2.13. The Labute approximate surface area is 127 Å². The number of carbonyl (C=O) groups is 1. The quantitative estimate of drug-likeness (QED) is 0.900. The van der Waals surface area contributed by atoms with Gasteiger partial charge in [0, 0.05) is 10.2 Å². The normalized spacial score (nSPS) is 12.0. The maximum atomic E-state index is 12.2. The van der Waals surface area contributed by atoms with E-state index in [1.165, 1.54) is 0 Å². The largest absolute Gasteiger partial charge is 0.324 e. The number of benzene rings is 2. The first-order valence-corrected chi connectivity index (χ1v) is 7.16. The minimum absolute atomic E-state index is 0.209. The van der Waals surface area contributed by atoms with Crippen LogP contribution >= 0.6 is 15.9 Å². The zero-order valence-corrected chi connectivity index (χ0v) is 13.1. The van der Waals surface area contributed by atoms with E-state index < -0.39 is 6.04 Å². The molecule has 0 saturated carbocycles. The smallest absolute Gasteiger partial charge is 0.245 e. The summed E-state index contributed by atoms with van der Waals surface area (Å²) in [4.78, 5) is 12.2. The van der Waals surface area contributed by atoms with Crippen LogP contribution in [0.3, 0.4) is 0 Å². The van der Waals surface area contributed by atoms with Gasteiger partial charge in [0.05, 0.1) is 0 Å². The first-order valence-electron chi connectivity index (χ1n) is 6.36. The average Bonchev–Trinajstić information content (AvgIpc) is 2.42. The van der Waals surface area contributed by atoms with E-state index in [2.05, 4.69) is 21.2 Å². The second-order valence-corrected chi connectivity index (χ2v) is 5.75. The van der Waals surface area contributed by atoms with Crippen LogP contribution in [0.4, 0.5) is 5.69 Å². The summed E-state index contributed by atoms with van der Waals surface area (Å²) in [5.74, 6) is -0.209. The molecular weight excluding hydrogens is 316 g/mol. The fourth-order valence-electron chi connectivity index (χ4n) is 1.90. The molecule has 20 heavy (non-hydrogen) atoms. The Kier molecular flexibility index (Phi) is 4.57. The molecule has 2 aromatic carbocycles. The third kappa shape index (κ3) is 3.46. The van der Waals surface area contributed by atoms with Crippen molar-refractivity contribution in [3.05, 3.63) is 63.6 Å². The molecule has 0 saturated heterocycles. The van der Waals surface area contributed by atoms with E-state index in [4.69, 9.17) is 5.73 Å². The minimum atomic E-state index is -0.668. The van der Waals surface area contributed by atoms with Gasteiger partial charge < -0.3 is 11.1 Å². The number of halogens is 1. The van der Waals surface area contributed by atoms with Gasteiger partial charge in [-0.05, 0) is 43.2 Å². The number of nitrogens with two attached hydrogens (primary N) is 1. The third-order valence-corrected chi connectivity index (χ3v) is 3.66. The van der Waals surface area contributed by atoms with Crippen molar-refractivity contribution in [3.63, 3.8) is 0 Å². The van der Waals surface area contributed by atoms with Crippen LogP contribution in [-0.4, -0.2) is 5.91 Å². The zero-order chi connectivity index (χ0) is 14.7. The standard InChI is InChI=1S/C16H17BrN2O/c1-10-3-5-12(6-4-10)15(18)16(20)19-14-8-7-13(17)9-11(14)2/h3-9,15H,18H2,1-2H3,(H,19,20). The number of hydrogen-bond donors (Lipinski definition) is 2. The summed E-state index contributed by atoms with van der Waals surface area (Å²) in [5.41, 5.74) is 9.72. The fraction of sp³-hybridized carbons (Fsp3) is 0.188. The predicted molar refractivity (Wildman–Crippen MR) is 85.6 cm³/mol. The van der Waals surface area contributed by atoms with E-state index >= 15 is 0 Å².